The number of carbonyl (C=O) groups is 1. The van der Waals surface area contributed by atoms with E-state index < -0.39 is 0 Å². The lowest BCUT2D eigenvalue weighted by Crippen LogP contribution is -2.38. The highest BCUT2D eigenvalue weighted by Gasteiger charge is 2.58. The number of unbranched alkanes of at least 4 members (excludes halogenated alkanes) is 1. The second kappa shape index (κ2) is 5.57. The molecule has 1 N–H and O–H groups in total. The van der Waals surface area contributed by atoms with E-state index >= 15 is 0 Å². The molecule has 1 saturated carbocycles. The Morgan fingerprint density at radius 1 is 1.39 bits per heavy atom. The Balaban J connectivity index is 1.82. The van der Waals surface area contributed by atoms with E-state index in [0.29, 0.717) is 12.1 Å². The molecule has 0 bridgehead atoms. The Labute approximate surface area is 111 Å². The molecule has 18 heavy (non-hydrogen) atoms. The van der Waals surface area contributed by atoms with Crippen LogP contribution in [0.2, 0.25) is 0 Å². The lowest BCUT2D eigenvalue weighted by atomic mass is 10.2. The molecule has 1 unspecified atom stereocenters. The highest BCUT2D eigenvalue weighted by molar-refractivity contribution is 5.91. The highest BCUT2D eigenvalue weighted by Crippen LogP contribution is 2.42. The Hall–Kier alpha value is -0.610. The topological polar surface area (TPSA) is 35.6 Å². The van der Waals surface area contributed by atoms with Crippen molar-refractivity contribution < 1.29 is 4.79 Å². The molecular formula is C14H27N3O. The van der Waals surface area contributed by atoms with Gasteiger partial charge in [-0.2, -0.15) is 0 Å². The first-order valence-corrected chi connectivity index (χ1v) is 7.32. The molecule has 0 radical (unpaired) electrons. The van der Waals surface area contributed by atoms with Crippen molar-refractivity contribution in [3.05, 3.63) is 0 Å². The lowest BCUT2D eigenvalue weighted by molar-refractivity contribution is -0.130. The Kier molecular flexibility index (Phi) is 4.28. The van der Waals surface area contributed by atoms with Gasteiger partial charge in [0, 0.05) is 6.54 Å². The molecule has 0 aromatic carbocycles. The first kappa shape index (κ1) is 13.8. The summed E-state index contributed by atoms with van der Waals surface area (Å²) >= 11 is 0. The lowest BCUT2D eigenvalue weighted by Gasteiger charge is -2.24. The van der Waals surface area contributed by atoms with Crippen molar-refractivity contribution in [3.63, 3.8) is 0 Å². The summed E-state index contributed by atoms with van der Waals surface area (Å²) in [4.78, 5) is 16.7. The summed E-state index contributed by atoms with van der Waals surface area (Å²) < 4.78 is 0. The minimum Gasteiger partial charge on any atom is -0.326 e. The van der Waals surface area contributed by atoms with Crippen LogP contribution in [-0.2, 0) is 4.79 Å². The number of nitrogens with one attached hydrogen (secondary N) is 1. The molecule has 1 aliphatic heterocycles. The largest absolute Gasteiger partial charge is 0.326 e. The molecule has 2 aliphatic rings. The third-order valence-corrected chi connectivity index (χ3v) is 4.06. The third kappa shape index (κ3) is 2.86. The average Bonchev–Trinajstić information content (AvgIpc) is 3.03. The molecule has 0 aromatic rings. The summed E-state index contributed by atoms with van der Waals surface area (Å²) in [7, 11) is 4.20. The zero-order chi connectivity index (χ0) is 13.2. The van der Waals surface area contributed by atoms with E-state index in [1.807, 2.05) is 0 Å². The summed E-state index contributed by atoms with van der Waals surface area (Å²) in [5, 5.41) is 3.56. The minimum atomic E-state index is -0.138. The van der Waals surface area contributed by atoms with Crippen molar-refractivity contribution in [1.82, 2.24) is 15.1 Å². The summed E-state index contributed by atoms with van der Waals surface area (Å²) in [5.41, 5.74) is -0.138. The first-order chi connectivity index (χ1) is 8.59. The predicted molar refractivity (Wildman–Crippen MR) is 73.3 cm³/mol. The number of hydrogen-bond donors (Lipinski definition) is 1. The fraction of sp³-hybridized carbons (Fsp3) is 0.929. The molecule has 1 atom stereocenters. The first-order valence-electron chi connectivity index (χ1n) is 7.32. The fourth-order valence-electron chi connectivity index (χ4n) is 2.83. The number of nitrogens with zero attached hydrogens (tertiary/aromatic N) is 2. The van der Waals surface area contributed by atoms with Crippen LogP contribution in [0.1, 0.15) is 45.4 Å². The monoisotopic (exact) mass is 253 g/mol. The molecule has 104 valence electrons. The van der Waals surface area contributed by atoms with Crippen LogP contribution >= 0.6 is 0 Å². The fourth-order valence-corrected chi connectivity index (χ4v) is 2.83. The van der Waals surface area contributed by atoms with E-state index in [0.717, 1.165) is 45.2 Å². The van der Waals surface area contributed by atoms with E-state index in [1.54, 1.807) is 0 Å². The van der Waals surface area contributed by atoms with Crippen LogP contribution in [0, 0.1) is 0 Å². The van der Waals surface area contributed by atoms with Gasteiger partial charge in [0.25, 0.3) is 0 Å². The molecule has 0 aromatic heterocycles. The minimum absolute atomic E-state index is 0.138. The zero-order valence-electron chi connectivity index (χ0n) is 12.0. The van der Waals surface area contributed by atoms with Crippen LogP contribution in [0.3, 0.4) is 0 Å². The number of hydrogen-bond acceptors (Lipinski definition) is 3. The standard InChI is InChI=1S/C14H27N3O/c1-4-7-12-15-14(8-9-14)13(18)17(12)11-6-5-10-16(2)3/h12,15H,4-11H2,1-3H3. The summed E-state index contributed by atoms with van der Waals surface area (Å²) in [6, 6.07) is 0. The van der Waals surface area contributed by atoms with Gasteiger partial charge >= 0.3 is 0 Å². The van der Waals surface area contributed by atoms with Crippen molar-refractivity contribution in [1.29, 1.82) is 0 Å². The van der Waals surface area contributed by atoms with E-state index in [-0.39, 0.29) is 5.54 Å². The molecule has 1 amide bonds. The van der Waals surface area contributed by atoms with Gasteiger partial charge in [0.05, 0.1) is 11.7 Å². The smallest absolute Gasteiger partial charge is 0.244 e. The zero-order valence-corrected chi connectivity index (χ0v) is 12.0. The molecule has 4 heteroatoms. The van der Waals surface area contributed by atoms with Crippen molar-refractivity contribution in [2.75, 3.05) is 27.2 Å². The van der Waals surface area contributed by atoms with Gasteiger partial charge in [-0.1, -0.05) is 13.3 Å². The van der Waals surface area contributed by atoms with Crippen molar-refractivity contribution in [3.8, 4) is 0 Å². The number of amides is 1. The Bertz CT molecular complexity index is 299. The van der Waals surface area contributed by atoms with Crippen LogP contribution in [0.25, 0.3) is 0 Å². The third-order valence-electron chi connectivity index (χ3n) is 4.06. The van der Waals surface area contributed by atoms with E-state index in [1.165, 1.54) is 6.42 Å². The Morgan fingerprint density at radius 2 is 2.11 bits per heavy atom. The van der Waals surface area contributed by atoms with Gasteiger partial charge in [-0.05, 0) is 52.7 Å². The molecule has 1 saturated heterocycles. The van der Waals surface area contributed by atoms with Crippen LogP contribution < -0.4 is 5.32 Å². The van der Waals surface area contributed by atoms with Crippen LogP contribution in [-0.4, -0.2) is 54.6 Å². The molecule has 1 spiro atoms. The van der Waals surface area contributed by atoms with Gasteiger partial charge in [-0.15, -0.1) is 0 Å². The maximum absolute atomic E-state index is 12.4. The summed E-state index contributed by atoms with van der Waals surface area (Å²) in [6.07, 6.45) is 6.88. The van der Waals surface area contributed by atoms with Crippen LogP contribution in [0.15, 0.2) is 0 Å². The highest BCUT2D eigenvalue weighted by atomic mass is 16.2. The number of rotatable bonds is 7. The van der Waals surface area contributed by atoms with Gasteiger partial charge in [-0.25, -0.2) is 0 Å². The van der Waals surface area contributed by atoms with Crippen LogP contribution in [0.5, 0.6) is 0 Å². The maximum Gasteiger partial charge on any atom is 0.244 e. The Morgan fingerprint density at radius 3 is 2.67 bits per heavy atom. The van der Waals surface area contributed by atoms with Crippen molar-refractivity contribution in [2.45, 2.75) is 57.2 Å². The van der Waals surface area contributed by atoms with Gasteiger partial charge in [0.1, 0.15) is 0 Å². The number of carbonyl (C=O) groups excluding carboxylic acids is 1. The molecule has 2 fully saturated rings. The average molecular weight is 253 g/mol. The van der Waals surface area contributed by atoms with E-state index in [4.69, 9.17) is 0 Å². The van der Waals surface area contributed by atoms with E-state index in [2.05, 4.69) is 36.1 Å². The van der Waals surface area contributed by atoms with Gasteiger partial charge in [0.15, 0.2) is 0 Å². The van der Waals surface area contributed by atoms with Crippen molar-refractivity contribution in [2.24, 2.45) is 0 Å². The predicted octanol–water partition coefficient (Wildman–Crippen LogP) is 1.42. The second-order valence-electron chi connectivity index (χ2n) is 6.04. The van der Waals surface area contributed by atoms with Gasteiger partial charge < -0.3 is 9.80 Å². The molecular weight excluding hydrogens is 226 g/mol. The summed E-state index contributed by atoms with van der Waals surface area (Å²) in [5.74, 6) is 0.366. The van der Waals surface area contributed by atoms with Gasteiger partial charge in [-0.3, -0.25) is 10.1 Å². The normalized spacial score (nSPS) is 25.4. The molecule has 2 rings (SSSR count). The van der Waals surface area contributed by atoms with Crippen molar-refractivity contribution >= 4 is 5.91 Å². The molecule has 1 heterocycles. The van der Waals surface area contributed by atoms with Gasteiger partial charge in [0.2, 0.25) is 5.91 Å². The molecule has 1 aliphatic carbocycles. The van der Waals surface area contributed by atoms with E-state index in [9.17, 15) is 4.79 Å². The molecule has 4 nitrogen and oxygen atoms in total. The van der Waals surface area contributed by atoms with Crippen LogP contribution in [0.4, 0.5) is 0 Å². The SMILES string of the molecule is CCCC1NC2(CC2)C(=O)N1CCCCN(C)C. The quantitative estimate of drug-likeness (QED) is 0.697. The maximum atomic E-state index is 12.4. The second-order valence-corrected chi connectivity index (χ2v) is 6.04. The summed E-state index contributed by atoms with van der Waals surface area (Å²) in [6.45, 7) is 4.22.